The molecule has 2 nitrogen and oxygen atoms in total. The molecule has 0 aliphatic heterocycles. The van der Waals surface area contributed by atoms with E-state index in [1.807, 2.05) is 97.1 Å². The lowest BCUT2D eigenvalue weighted by Gasteiger charge is -2.03. The lowest BCUT2D eigenvalue weighted by atomic mass is 10.2. The van der Waals surface area contributed by atoms with E-state index in [1.165, 1.54) is 5.56 Å². The Morgan fingerprint density at radius 2 is 0.955 bits per heavy atom. The smallest absolute Gasteiger partial charge is 0.127 e. The average molecular weight is 291 g/mol. The van der Waals surface area contributed by atoms with Crippen LogP contribution in [-0.2, 0) is 0 Å². The Morgan fingerprint density at radius 1 is 0.591 bits per heavy atom. The third kappa shape index (κ3) is 6.07. The minimum Gasteiger partial charge on any atom is -0.457 e. The molecule has 0 aliphatic rings. The van der Waals surface area contributed by atoms with Gasteiger partial charge < -0.3 is 10.9 Å². The van der Waals surface area contributed by atoms with Gasteiger partial charge in [-0.3, -0.25) is 0 Å². The minimum atomic E-state index is 0. The van der Waals surface area contributed by atoms with Crippen molar-refractivity contribution in [3.05, 3.63) is 103 Å². The van der Waals surface area contributed by atoms with Crippen LogP contribution in [0.25, 0.3) is 6.08 Å². The van der Waals surface area contributed by atoms with Crippen LogP contribution >= 0.6 is 0 Å². The van der Waals surface area contributed by atoms with Gasteiger partial charge in [0.05, 0.1) is 0 Å². The highest BCUT2D eigenvalue weighted by atomic mass is 16.5. The Kier molecular flexibility index (Phi) is 7.80. The fourth-order valence-electron chi connectivity index (χ4n) is 1.70. The maximum atomic E-state index is 5.58. The second kappa shape index (κ2) is 9.97. The molecule has 0 saturated heterocycles. The van der Waals surface area contributed by atoms with Gasteiger partial charge in [0.1, 0.15) is 11.5 Å². The molecule has 112 valence electrons. The highest BCUT2D eigenvalue weighted by molar-refractivity contribution is 5.45. The molecule has 22 heavy (non-hydrogen) atoms. The van der Waals surface area contributed by atoms with Crippen molar-refractivity contribution in [3.63, 3.8) is 0 Å². The van der Waals surface area contributed by atoms with Crippen LogP contribution in [0.5, 0.6) is 11.5 Å². The van der Waals surface area contributed by atoms with E-state index in [2.05, 4.69) is 6.58 Å². The standard InChI is InChI=1S/C12H10O.C8H8.H3N/c1-3-7-11(8-4-1)13-12-9-5-2-6-10-12;1-2-8-6-4-3-5-7-8;/h1-10H;2-7H,1H2;1H3. The van der Waals surface area contributed by atoms with E-state index < -0.39 is 0 Å². The summed E-state index contributed by atoms with van der Waals surface area (Å²) < 4.78 is 5.58. The molecule has 0 fully saturated rings. The molecular formula is C20H21NO. The van der Waals surface area contributed by atoms with E-state index in [-0.39, 0.29) is 6.15 Å². The zero-order valence-electron chi connectivity index (χ0n) is 12.6. The first-order valence-corrected chi connectivity index (χ1v) is 6.84. The van der Waals surface area contributed by atoms with E-state index >= 15 is 0 Å². The summed E-state index contributed by atoms with van der Waals surface area (Å²) in [5.41, 5.74) is 1.17. The molecule has 3 aromatic rings. The Hall–Kier alpha value is -2.84. The van der Waals surface area contributed by atoms with E-state index in [0.717, 1.165) is 11.5 Å². The Balaban J connectivity index is 0.000000234. The van der Waals surface area contributed by atoms with E-state index in [1.54, 1.807) is 0 Å². The number of benzene rings is 3. The SMILES string of the molecule is C=Cc1ccccc1.N.c1ccc(Oc2ccccc2)cc1. The molecule has 0 heterocycles. The maximum absolute atomic E-state index is 5.58. The summed E-state index contributed by atoms with van der Waals surface area (Å²) >= 11 is 0. The van der Waals surface area contributed by atoms with E-state index in [0.29, 0.717) is 0 Å². The molecule has 0 spiro atoms. The second-order valence-corrected chi connectivity index (χ2v) is 4.34. The normalized spacial score (nSPS) is 8.73. The Bertz CT molecular complexity index is 599. The van der Waals surface area contributed by atoms with Gasteiger partial charge in [-0.1, -0.05) is 79.4 Å². The molecule has 0 aromatic heterocycles. The zero-order chi connectivity index (χ0) is 14.8. The van der Waals surface area contributed by atoms with Gasteiger partial charge in [0.2, 0.25) is 0 Å². The fourth-order valence-corrected chi connectivity index (χ4v) is 1.70. The van der Waals surface area contributed by atoms with E-state index in [9.17, 15) is 0 Å². The molecule has 3 rings (SSSR count). The molecular weight excluding hydrogens is 270 g/mol. The first-order chi connectivity index (χ1) is 10.4. The lowest BCUT2D eigenvalue weighted by molar-refractivity contribution is 0.482. The monoisotopic (exact) mass is 291 g/mol. The molecule has 3 N–H and O–H groups in total. The summed E-state index contributed by atoms with van der Waals surface area (Å²) in [6.45, 7) is 3.63. The van der Waals surface area contributed by atoms with Gasteiger partial charge >= 0.3 is 0 Å². The van der Waals surface area contributed by atoms with Crippen molar-refractivity contribution in [2.45, 2.75) is 0 Å². The molecule has 0 amide bonds. The summed E-state index contributed by atoms with van der Waals surface area (Å²) in [6.07, 6.45) is 1.83. The highest BCUT2D eigenvalue weighted by Gasteiger charge is 1.92. The predicted octanol–water partition coefficient (Wildman–Crippen LogP) is 5.97. The van der Waals surface area contributed by atoms with Crippen LogP contribution in [0.15, 0.2) is 97.6 Å². The summed E-state index contributed by atoms with van der Waals surface area (Å²) in [5.74, 6) is 1.74. The van der Waals surface area contributed by atoms with Gasteiger partial charge in [0.25, 0.3) is 0 Å². The van der Waals surface area contributed by atoms with Crippen LogP contribution in [0.4, 0.5) is 0 Å². The van der Waals surface area contributed by atoms with Gasteiger partial charge in [-0.15, -0.1) is 0 Å². The van der Waals surface area contributed by atoms with Crippen molar-refractivity contribution >= 4 is 6.08 Å². The average Bonchev–Trinajstić information content (AvgIpc) is 2.58. The topological polar surface area (TPSA) is 44.2 Å². The number of hydrogen-bond acceptors (Lipinski definition) is 2. The number of hydrogen-bond donors (Lipinski definition) is 1. The molecule has 0 unspecified atom stereocenters. The fraction of sp³-hybridized carbons (Fsp3) is 0. The summed E-state index contributed by atoms with van der Waals surface area (Å²) in [7, 11) is 0. The molecule has 0 atom stereocenters. The Morgan fingerprint density at radius 3 is 1.27 bits per heavy atom. The third-order valence-corrected chi connectivity index (χ3v) is 2.76. The maximum Gasteiger partial charge on any atom is 0.127 e. The summed E-state index contributed by atoms with van der Waals surface area (Å²) in [4.78, 5) is 0. The lowest BCUT2D eigenvalue weighted by Crippen LogP contribution is -1.81. The number of para-hydroxylation sites is 2. The third-order valence-electron chi connectivity index (χ3n) is 2.76. The molecule has 2 heteroatoms. The quantitative estimate of drug-likeness (QED) is 0.646. The minimum absolute atomic E-state index is 0. The van der Waals surface area contributed by atoms with Crippen LogP contribution in [0.2, 0.25) is 0 Å². The molecule has 0 radical (unpaired) electrons. The van der Waals surface area contributed by atoms with Gasteiger partial charge in [-0.05, 0) is 29.8 Å². The van der Waals surface area contributed by atoms with Crippen molar-refractivity contribution in [1.29, 1.82) is 0 Å². The van der Waals surface area contributed by atoms with Gasteiger partial charge in [0.15, 0.2) is 0 Å². The summed E-state index contributed by atoms with van der Waals surface area (Å²) in [5, 5.41) is 0. The van der Waals surface area contributed by atoms with Gasteiger partial charge in [-0.25, -0.2) is 0 Å². The van der Waals surface area contributed by atoms with Crippen LogP contribution in [0.3, 0.4) is 0 Å². The van der Waals surface area contributed by atoms with Crippen LogP contribution in [0.1, 0.15) is 5.56 Å². The number of ether oxygens (including phenoxy) is 1. The predicted molar refractivity (Wildman–Crippen MR) is 94.5 cm³/mol. The first kappa shape index (κ1) is 17.2. The Labute approximate surface area is 132 Å². The van der Waals surface area contributed by atoms with Crippen molar-refractivity contribution in [2.75, 3.05) is 0 Å². The number of rotatable bonds is 3. The molecule has 0 aliphatic carbocycles. The molecule has 0 bridgehead atoms. The van der Waals surface area contributed by atoms with Crippen LogP contribution < -0.4 is 10.9 Å². The summed E-state index contributed by atoms with van der Waals surface area (Å²) in [6, 6.07) is 29.5. The molecule has 0 saturated carbocycles. The van der Waals surface area contributed by atoms with Crippen molar-refractivity contribution in [1.82, 2.24) is 6.15 Å². The van der Waals surface area contributed by atoms with Gasteiger partial charge in [0, 0.05) is 0 Å². The zero-order valence-corrected chi connectivity index (χ0v) is 12.6. The van der Waals surface area contributed by atoms with Crippen LogP contribution in [-0.4, -0.2) is 0 Å². The van der Waals surface area contributed by atoms with Gasteiger partial charge in [-0.2, -0.15) is 0 Å². The van der Waals surface area contributed by atoms with Crippen LogP contribution in [0, 0.1) is 0 Å². The highest BCUT2D eigenvalue weighted by Crippen LogP contribution is 2.19. The van der Waals surface area contributed by atoms with Crippen molar-refractivity contribution < 1.29 is 4.74 Å². The molecule has 3 aromatic carbocycles. The van der Waals surface area contributed by atoms with Crippen molar-refractivity contribution in [3.8, 4) is 11.5 Å². The van der Waals surface area contributed by atoms with E-state index in [4.69, 9.17) is 4.74 Å². The first-order valence-electron chi connectivity index (χ1n) is 6.84. The van der Waals surface area contributed by atoms with Crippen molar-refractivity contribution in [2.24, 2.45) is 0 Å². The second-order valence-electron chi connectivity index (χ2n) is 4.34. The largest absolute Gasteiger partial charge is 0.457 e.